The molecular weight excluding hydrogens is 314 g/mol. The van der Waals surface area contributed by atoms with Crippen LogP contribution in [0.2, 0.25) is 0 Å². The molecule has 2 N–H and O–H groups in total. The van der Waals surface area contributed by atoms with Crippen LogP contribution in [-0.4, -0.2) is 28.2 Å². The van der Waals surface area contributed by atoms with Crippen LogP contribution in [0.15, 0.2) is 24.5 Å². The zero-order valence-corrected chi connectivity index (χ0v) is 13.7. The van der Waals surface area contributed by atoms with E-state index in [1.165, 1.54) is 24.8 Å². The third-order valence-corrected chi connectivity index (χ3v) is 4.74. The van der Waals surface area contributed by atoms with Gasteiger partial charge in [-0.2, -0.15) is 0 Å². The molecule has 0 bridgehead atoms. The zero-order chi connectivity index (χ0) is 16.6. The number of fused-ring (bicyclic) bond motifs is 1. The van der Waals surface area contributed by atoms with Crippen molar-refractivity contribution in [1.82, 2.24) is 9.97 Å². The monoisotopic (exact) mass is 329 g/mol. The number of phenols is 1. The minimum absolute atomic E-state index is 0.209. The minimum Gasteiger partial charge on any atom is -0.508 e. The average Bonchev–Trinajstić information content (AvgIpc) is 2.87. The van der Waals surface area contributed by atoms with Crippen LogP contribution in [0.3, 0.4) is 0 Å². The minimum atomic E-state index is -0.378. The highest BCUT2D eigenvalue weighted by molar-refractivity contribution is 7.20. The van der Waals surface area contributed by atoms with Gasteiger partial charge in [-0.25, -0.2) is 14.8 Å². The third kappa shape index (κ3) is 2.70. The van der Waals surface area contributed by atoms with E-state index in [-0.39, 0.29) is 11.7 Å². The Morgan fingerprint density at radius 1 is 1.30 bits per heavy atom. The average molecular weight is 329 g/mol. The molecule has 0 fully saturated rings. The van der Waals surface area contributed by atoms with Crippen molar-refractivity contribution in [1.29, 1.82) is 0 Å². The fourth-order valence-electron chi connectivity index (χ4n) is 2.37. The van der Waals surface area contributed by atoms with E-state index in [0.29, 0.717) is 10.7 Å². The van der Waals surface area contributed by atoms with E-state index in [1.807, 2.05) is 13.8 Å². The smallest absolute Gasteiger partial charge is 0.348 e. The number of aromatic nitrogens is 2. The standard InChI is InChI=1S/C16H15N3O3S/c1-8-6-10(20)4-5-11(8)19-14-12-9(2)13(16(21)22-3)23-15(12)18-7-17-14/h4-7,20H,1-3H3,(H,17,18,19). The molecule has 0 aliphatic rings. The Hall–Kier alpha value is -2.67. The number of esters is 1. The molecule has 3 aromatic rings. The molecule has 23 heavy (non-hydrogen) atoms. The second kappa shape index (κ2) is 5.85. The second-order valence-corrected chi connectivity index (χ2v) is 6.07. The van der Waals surface area contributed by atoms with Crippen molar-refractivity contribution in [3.8, 4) is 5.75 Å². The SMILES string of the molecule is COC(=O)c1sc2ncnc(Nc3ccc(O)cc3C)c2c1C. The molecule has 0 aliphatic heterocycles. The van der Waals surface area contributed by atoms with E-state index in [2.05, 4.69) is 15.3 Å². The summed E-state index contributed by atoms with van der Waals surface area (Å²) in [4.78, 5) is 21.6. The maximum absolute atomic E-state index is 11.9. The normalized spacial score (nSPS) is 10.7. The number of methoxy groups -OCH3 is 1. The summed E-state index contributed by atoms with van der Waals surface area (Å²) in [6.07, 6.45) is 1.46. The number of carbonyl (C=O) groups excluding carboxylic acids is 1. The molecule has 0 saturated heterocycles. The van der Waals surface area contributed by atoms with Gasteiger partial charge in [0, 0.05) is 5.69 Å². The molecule has 6 nitrogen and oxygen atoms in total. The van der Waals surface area contributed by atoms with Crippen LogP contribution in [0, 0.1) is 13.8 Å². The first-order valence-electron chi connectivity index (χ1n) is 6.90. The number of benzene rings is 1. The summed E-state index contributed by atoms with van der Waals surface area (Å²) < 4.78 is 4.81. The first-order valence-corrected chi connectivity index (χ1v) is 7.72. The number of carbonyl (C=O) groups is 1. The van der Waals surface area contributed by atoms with Crippen molar-refractivity contribution in [3.05, 3.63) is 40.5 Å². The van der Waals surface area contributed by atoms with E-state index in [9.17, 15) is 9.90 Å². The molecule has 7 heteroatoms. The summed E-state index contributed by atoms with van der Waals surface area (Å²) in [5, 5.41) is 13.6. The van der Waals surface area contributed by atoms with Crippen LogP contribution in [0.1, 0.15) is 20.8 Å². The van der Waals surface area contributed by atoms with Gasteiger partial charge < -0.3 is 15.2 Å². The Balaban J connectivity index is 2.11. The van der Waals surface area contributed by atoms with Gasteiger partial charge in [0.15, 0.2) is 0 Å². The Labute approximate surface area is 136 Å². The lowest BCUT2D eigenvalue weighted by atomic mass is 10.1. The molecular formula is C16H15N3O3S. The first-order chi connectivity index (χ1) is 11.0. The summed E-state index contributed by atoms with van der Waals surface area (Å²) in [6, 6.07) is 5.05. The zero-order valence-electron chi connectivity index (χ0n) is 12.9. The van der Waals surface area contributed by atoms with Crippen molar-refractivity contribution in [2.45, 2.75) is 13.8 Å². The predicted molar refractivity (Wildman–Crippen MR) is 89.6 cm³/mol. The molecule has 0 atom stereocenters. The molecule has 0 unspecified atom stereocenters. The van der Waals surface area contributed by atoms with Crippen LogP contribution in [0.5, 0.6) is 5.75 Å². The van der Waals surface area contributed by atoms with E-state index in [1.54, 1.807) is 18.2 Å². The molecule has 0 aliphatic carbocycles. The highest BCUT2D eigenvalue weighted by atomic mass is 32.1. The van der Waals surface area contributed by atoms with Crippen LogP contribution >= 0.6 is 11.3 Å². The van der Waals surface area contributed by atoms with Crippen molar-refractivity contribution < 1.29 is 14.6 Å². The predicted octanol–water partition coefficient (Wildman–Crippen LogP) is 3.54. The lowest BCUT2D eigenvalue weighted by Crippen LogP contribution is -2.00. The second-order valence-electron chi connectivity index (χ2n) is 5.07. The topological polar surface area (TPSA) is 84.3 Å². The maximum Gasteiger partial charge on any atom is 0.348 e. The maximum atomic E-state index is 11.9. The highest BCUT2D eigenvalue weighted by Gasteiger charge is 2.20. The van der Waals surface area contributed by atoms with Crippen molar-refractivity contribution in [2.24, 2.45) is 0 Å². The lowest BCUT2D eigenvalue weighted by Gasteiger charge is -2.10. The molecule has 0 amide bonds. The van der Waals surface area contributed by atoms with E-state index in [4.69, 9.17) is 4.74 Å². The molecule has 2 aromatic heterocycles. The number of aryl methyl sites for hydroxylation is 2. The van der Waals surface area contributed by atoms with Gasteiger partial charge in [-0.05, 0) is 43.2 Å². The van der Waals surface area contributed by atoms with Gasteiger partial charge in [0.2, 0.25) is 0 Å². The largest absolute Gasteiger partial charge is 0.508 e. The van der Waals surface area contributed by atoms with Crippen LogP contribution < -0.4 is 5.32 Å². The number of hydrogen-bond acceptors (Lipinski definition) is 7. The summed E-state index contributed by atoms with van der Waals surface area (Å²) in [5.74, 6) is 0.450. The van der Waals surface area contributed by atoms with Gasteiger partial charge in [0.05, 0.1) is 12.5 Å². The van der Waals surface area contributed by atoms with E-state index in [0.717, 1.165) is 27.0 Å². The summed E-state index contributed by atoms with van der Waals surface area (Å²) in [5.41, 5.74) is 2.50. The first kappa shape index (κ1) is 15.2. The fraction of sp³-hybridized carbons (Fsp3) is 0.188. The van der Waals surface area contributed by atoms with Crippen molar-refractivity contribution in [3.63, 3.8) is 0 Å². The molecule has 3 rings (SSSR count). The van der Waals surface area contributed by atoms with E-state index >= 15 is 0 Å². The molecule has 2 heterocycles. The molecule has 0 spiro atoms. The number of aromatic hydroxyl groups is 1. The van der Waals surface area contributed by atoms with Gasteiger partial charge >= 0.3 is 5.97 Å². The van der Waals surface area contributed by atoms with Crippen molar-refractivity contribution >= 4 is 39.0 Å². The summed E-state index contributed by atoms with van der Waals surface area (Å²) >= 11 is 1.28. The fourth-order valence-corrected chi connectivity index (χ4v) is 3.44. The molecule has 118 valence electrons. The van der Waals surface area contributed by atoms with Gasteiger partial charge in [0.1, 0.15) is 27.6 Å². The van der Waals surface area contributed by atoms with Gasteiger partial charge in [-0.1, -0.05) is 0 Å². The number of rotatable bonds is 3. The van der Waals surface area contributed by atoms with Gasteiger partial charge in [-0.15, -0.1) is 11.3 Å². The Bertz CT molecular complexity index is 905. The van der Waals surface area contributed by atoms with E-state index < -0.39 is 0 Å². The number of ether oxygens (including phenoxy) is 1. The Morgan fingerprint density at radius 2 is 2.09 bits per heavy atom. The van der Waals surface area contributed by atoms with Crippen LogP contribution in [0.4, 0.5) is 11.5 Å². The lowest BCUT2D eigenvalue weighted by molar-refractivity contribution is 0.0605. The number of hydrogen-bond donors (Lipinski definition) is 2. The molecule has 0 saturated carbocycles. The van der Waals surface area contributed by atoms with Gasteiger partial charge in [-0.3, -0.25) is 0 Å². The number of thiophene rings is 1. The van der Waals surface area contributed by atoms with Crippen LogP contribution in [0.25, 0.3) is 10.2 Å². The third-order valence-electron chi connectivity index (χ3n) is 3.56. The summed E-state index contributed by atoms with van der Waals surface area (Å²) in [6.45, 7) is 3.74. The molecule has 0 radical (unpaired) electrons. The quantitative estimate of drug-likeness (QED) is 0.565. The highest BCUT2D eigenvalue weighted by Crippen LogP contribution is 2.35. The van der Waals surface area contributed by atoms with Crippen LogP contribution in [-0.2, 0) is 4.74 Å². The van der Waals surface area contributed by atoms with Gasteiger partial charge in [0.25, 0.3) is 0 Å². The summed E-state index contributed by atoms with van der Waals surface area (Å²) in [7, 11) is 1.36. The van der Waals surface area contributed by atoms with Crippen molar-refractivity contribution in [2.75, 3.05) is 12.4 Å². The number of anilines is 2. The Kier molecular flexibility index (Phi) is 3.87. The Morgan fingerprint density at radius 3 is 2.78 bits per heavy atom. The molecule has 1 aromatic carbocycles. The number of nitrogens with zero attached hydrogens (tertiary/aromatic N) is 2. The number of nitrogens with one attached hydrogen (secondary N) is 1. The number of phenolic OH excluding ortho intramolecular Hbond substituents is 1.